The Morgan fingerprint density at radius 1 is 0.481 bits per heavy atom. The Morgan fingerprint density at radius 3 is 1.07 bits per heavy atom. The van der Waals surface area contributed by atoms with E-state index in [4.69, 9.17) is 23.7 Å². The highest BCUT2D eigenvalue weighted by Gasteiger charge is 2.05. The van der Waals surface area contributed by atoms with Gasteiger partial charge < -0.3 is 33.3 Å². The van der Waals surface area contributed by atoms with Crippen LogP contribution in [0.4, 0.5) is 0 Å². The fourth-order valence-corrected chi connectivity index (χ4v) is 1.67. The van der Waals surface area contributed by atoms with Crippen LogP contribution in [0.3, 0.4) is 0 Å². The van der Waals surface area contributed by atoms with E-state index < -0.39 is 11.9 Å². The molecule has 0 aliphatic carbocycles. The second kappa shape index (κ2) is 17.6. The predicted molar refractivity (Wildman–Crippen MR) is 94.2 cm³/mol. The first-order valence-electron chi connectivity index (χ1n) is 8.95. The van der Waals surface area contributed by atoms with E-state index >= 15 is 0 Å². The molecule has 0 amide bonds. The number of rotatable bonds is 18. The van der Waals surface area contributed by atoms with Gasteiger partial charge in [-0.1, -0.05) is 0 Å². The Balaban J connectivity index is 3.23. The van der Waals surface area contributed by atoms with Crippen molar-refractivity contribution in [1.82, 2.24) is 0 Å². The summed E-state index contributed by atoms with van der Waals surface area (Å²) in [6.45, 7) is 5.14. The molecule has 27 heavy (non-hydrogen) atoms. The Bertz CT molecular complexity index is 408. The van der Waals surface area contributed by atoms with Gasteiger partial charge in [-0.05, 0) is 13.8 Å². The average molecular weight is 390 g/mol. The van der Waals surface area contributed by atoms with Crippen molar-refractivity contribution in [3.63, 3.8) is 0 Å². The minimum atomic E-state index is -0.410. The van der Waals surface area contributed by atoms with E-state index in [0.717, 1.165) is 0 Å². The molecule has 0 aliphatic rings. The SMILES string of the molecule is CC(=O)CCC(=O)OCCOCCOCCOCCOC(=O)CCC(C)=O. The first kappa shape index (κ1) is 25.2. The maximum atomic E-state index is 11.2. The monoisotopic (exact) mass is 390 g/mol. The van der Waals surface area contributed by atoms with Gasteiger partial charge in [0.25, 0.3) is 0 Å². The van der Waals surface area contributed by atoms with Crippen LogP contribution >= 0.6 is 0 Å². The minimum absolute atomic E-state index is 0.0463. The van der Waals surface area contributed by atoms with Crippen molar-refractivity contribution in [3.05, 3.63) is 0 Å². The standard InChI is InChI=1S/C18H30O9/c1-15(19)3-5-17(21)26-13-11-24-9-7-23-8-10-25-12-14-27-18(22)6-4-16(2)20/h3-14H2,1-2H3. The minimum Gasteiger partial charge on any atom is -0.463 e. The number of hydrogen-bond donors (Lipinski definition) is 0. The molecule has 0 rings (SSSR count). The Labute approximate surface area is 159 Å². The van der Waals surface area contributed by atoms with Crippen LogP contribution in [0.15, 0.2) is 0 Å². The molecule has 0 saturated carbocycles. The van der Waals surface area contributed by atoms with E-state index in [1.54, 1.807) is 0 Å². The summed E-state index contributed by atoms with van der Waals surface area (Å²) in [5.74, 6) is -0.913. The van der Waals surface area contributed by atoms with Gasteiger partial charge in [-0.2, -0.15) is 0 Å². The summed E-state index contributed by atoms with van der Waals surface area (Å²) in [5.41, 5.74) is 0. The first-order valence-corrected chi connectivity index (χ1v) is 8.95. The quantitative estimate of drug-likeness (QED) is 0.248. The number of hydrogen-bond acceptors (Lipinski definition) is 9. The van der Waals surface area contributed by atoms with Crippen molar-refractivity contribution in [2.45, 2.75) is 39.5 Å². The van der Waals surface area contributed by atoms with Crippen molar-refractivity contribution in [3.8, 4) is 0 Å². The molecule has 0 bridgehead atoms. The van der Waals surface area contributed by atoms with Crippen molar-refractivity contribution in [1.29, 1.82) is 0 Å². The molecule has 0 radical (unpaired) electrons. The molecule has 0 atom stereocenters. The lowest BCUT2D eigenvalue weighted by molar-refractivity contribution is -0.146. The maximum absolute atomic E-state index is 11.2. The molecule has 0 spiro atoms. The van der Waals surface area contributed by atoms with Gasteiger partial charge in [0.15, 0.2) is 0 Å². The Kier molecular flexibility index (Phi) is 16.4. The van der Waals surface area contributed by atoms with E-state index in [9.17, 15) is 19.2 Å². The van der Waals surface area contributed by atoms with Gasteiger partial charge in [0.2, 0.25) is 0 Å². The van der Waals surface area contributed by atoms with E-state index in [1.165, 1.54) is 13.8 Å². The summed E-state index contributed by atoms with van der Waals surface area (Å²) in [4.78, 5) is 43.9. The molecule has 0 N–H and O–H groups in total. The van der Waals surface area contributed by atoms with Crippen LogP contribution in [-0.2, 0) is 42.9 Å². The third-order valence-corrected chi connectivity index (χ3v) is 3.09. The zero-order chi connectivity index (χ0) is 20.3. The molecule has 0 aromatic rings. The fraction of sp³-hybridized carbons (Fsp3) is 0.778. The summed E-state index contributed by atoms with van der Waals surface area (Å²) >= 11 is 0. The molecule has 156 valence electrons. The lowest BCUT2D eigenvalue weighted by Gasteiger charge is -2.08. The van der Waals surface area contributed by atoms with Gasteiger partial charge in [0.05, 0.1) is 52.5 Å². The molecule has 9 heteroatoms. The third kappa shape index (κ3) is 20.3. The van der Waals surface area contributed by atoms with Crippen LogP contribution < -0.4 is 0 Å². The van der Waals surface area contributed by atoms with Gasteiger partial charge >= 0.3 is 11.9 Å². The van der Waals surface area contributed by atoms with Crippen molar-refractivity contribution in [2.75, 3.05) is 52.9 Å². The summed E-state index contributed by atoms with van der Waals surface area (Å²) < 4.78 is 25.5. The molecule has 0 aromatic carbocycles. The summed E-state index contributed by atoms with van der Waals surface area (Å²) in [6.07, 6.45) is 0.571. The van der Waals surface area contributed by atoms with Gasteiger partial charge in [0, 0.05) is 12.8 Å². The number of carbonyl (C=O) groups is 4. The normalized spacial score (nSPS) is 10.4. The van der Waals surface area contributed by atoms with Gasteiger partial charge in [-0.15, -0.1) is 0 Å². The van der Waals surface area contributed by atoms with E-state index in [-0.39, 0.29) is 63.7 Å². The lowest BCUT2D eigenvalue weighted by Crippen LogP contribution is -2.15. The smallest absolute Gasteiger partial charge is 0.306 e. The van der Waals surface area contributed by atoms with Crippen molar-refractivity contribution < 1.29 is 42.9 Å². The van der Waals surface area contributed by atoms with Gasteiger partial charge in [-0.25, -0.2) is 0 Å². The van der Waals surface area contributed by atoms with Crippen LogP contribution in [0.2, 0.25) is 0 Å². The van der Waals surface area contributed by atoms with Gasteiger partial charge in [0.1, 0.15) is 24.8 Å². The lowest BCUT2D eigenvalue weighted by atomic mass is 10.2. The second-order valence-corrected chi connectivity index (χ2v) is 5.68. The number of ketones is 2. The molecule has 0 saturated heterocycles. The Morgan fingerprint density at radius 2 is 0.778 bits per heavy atom. The highest BCUT2D eigenvalue weighted by Crippen LogP contribution is 1.95. The van der Waals surface area contributed by atoms with E-state index in [2.05, 4.69) is 0 Å². The number of carbonyl (C=O) groups excluding carboxylic acids is 4. The molecule has 9 nitrogen and oxygen atoms in total. The largest absolute Gasteiger partial charge is 0.463 e. The Hall–Kier alpha value is -1.84. The second-order valence-electron chi connectivity index (χ2n) is 5.68. The highest BCUT2D eigenvalue weighted by atomic mass is 16.6. The third-order valence-electron chi connectivity index (χ3n) is 3.09. The molecule has 0 aromatic heterocycles. The topological polar surface area (TPSA) is 114 Å². The van der Waals surface area contributed by atoms with Crippen molar-refractivity contribution >= 4 is 23.5 Å². The predicted octanol–water partition coefficient (Wildman–Crippen LogP) is 0.861. The molecular formula is C18H30O9. The van der Waals surface area contributed by atoms with Gasteiger partial charge in [-0.3, -0.25) is 9.59 Å². The van der Waals surface area contributed by atoms with Crippen molar-refractivity contribution in [2.24, 2.45) is 0 Å². The number of esters is 2. The molecular weight excluding hydrogens is 360 g/mol. The van der Waals surface area contributed by atoms with Crippen LogP contribution in [0.5, 0.6) is 0 Å². The summed E-state index contributed by atoms with van der Waals surface area (Å²) in [6, 6.07) is 0. The van der Waals surface area contributed by atoms with Crippen LogP contribution in [0, 0.1) is 0 Å². The number of Topliss-reactive ketones (excluding diaryl/α,β-unsaturated/α-hetero) is 2. The van der Waals surface area contributed by atoms with Crippen LogP contribution in [0.25, 0.3) is 0 Å². The fourth-order valence-electron chi connectivity index (χ4n) is 1.67. The summed E-state index contributed by atoms with van der Waals surface area (Å²) in [5, 5.41) is 0. The van der Waals surface area contributed by atoms with Crippen LogP contribution in [-0.4, -0.2) is 76.4 Å². The molecule has 0 heterocycles. The molecule has 0 unspecified atom stereocenters. The average Bonchev–Trinajstić information content (AvgIpc) is 2.62. The zero-order valence-corrected chi connectivity index (χ0v) is 16.2. The van der Waals surface area contributed by atoms with Crippen LogP contribution in [0.1, 0.15) is 39.5 Å². The summed E-state index contributed by atoms with van der Waals surface area (Å²) in [7, 11) is 0. The molecule has 0 aliphatic heterocycles. The first-order chi connectivity index (χ1) is 12.9. The maximum Gasteiger partial charge on any atom is 0.306 e. The van der Waals surface area contributed by atoms with E-state index in [0.29, 0.717) is 26.4 Å². The highest BCUT2D eigenvalue weighted by molar-refractivity contribution is 5.81. The number of ether oxygens (including phenoxy) is 5. The molecule has 0 fully saturated rings. The van der Waals surface area contributed by atoms with E-state index in [1.807, 2.05) is 0 Å². The zero-order valence-electron chi connectivity index (χ0n) is 16.2.